The highest BCUT2D eigenvalue weighted by Gasteiger charge is 2.44. The number of aliphatic hydroxyl groups is 1. The van der Waals surface area contributed by atoms with Crippen molar-refractivity contribution >= 4 is 34.7 Å². The molecule has 2 amide bonds. The first-order valence-corrected chi connectivity index (χ1v) is 10.9. The number of nitrogens with zero attached hydrogens (tertiary/aromatic N) is 2. The number of anilines is 1. The second kappa shape index (κ2) is 9.12. The largest absolute Gasteiger partial charge is 0.492 e. The molecule has 4 rings (SSSR count). The fraction of sp³-hybridized carbons (Fsp3) is 0.333. The summed E-state index contributed by atoms with van der Waals surface area (Å²) in [6.45, 7) is 3.52. The zero-order chi connectivity index (χ0) is 22.0. The van der Waals surface area contributed by atoms with Crippen LogP contribution in [0.1, 0.15) is 25.3 Å². The quantitative estimate of drug-likeness (QED) is 0.693. The van der Waals surface area contributed by atoms with Gasteiger partial charge in [-0.05, 0) is 55.5 Å². The molecule has 1 atom stereocenters. The van der Waals surface area contributed by atoms with Gasteiger partial charge < -0.3 is 14.7 Å². The molecule has 2 aliphatic heterocycles. The minimum atomic E-state index is -0.388. The van der Waals surface area contributed by atoms with Crippen molar-refractivity contribution in [1.29, 1.82) is 0 Å². The molecule has 7 heteroatoms. The van der Waals surface area contributed by atoms with Crippen molar-refractivity contribution in [1.82, 2.24) is 4.90 Å². The summed E-state index contributed by atoms with van der Waals surface area (Å²) in [4.78, 5) is 30.5. The molecule has 1 saturated heterocycles. The van der Waals surface area contributed by atoms with Crippen LogP contribution in [-0.4, -0.2) is 48.1 Å². The van der Waals surface area contributed by atoms with Gasteiger partial charge in [0.15, 0.2) is 0 Å². The van der Waals surface area contributed by atoms with Gasteiger partial charge in [0.05, 0.1) is 17.9 Å². The highest BCUT2D eigenvalue weighted by Crippen LogP contribution is 2.39. The van der Waals surface area contributed by atoms with Crippen LogP contribution >= 0.6 is 11.6 Å². The summed E-state index contributed by atoms with van der Waals surface area (Å²) in [5, 5.41) is 10.2. The van der Waals surface area contributed by atoms with Crippen molar-refractivity contribution in [2.24, 2.45) is 5.92 Å². The van der Waals surface area contributed by atoms with Crippen molar-refractivity contribution < 1.29 is 19.4 Å². The Kier molecular flexibility index (Phi) is 6.30. The predicted molar refractivity (Wildman–Crippen MR) is 120 cm³/mol. The first kappa shape index (κ1) is 21.4. The normalized spacial score (nSPS) is 19.4. The highest BCUT2D eigenvalue weighted by atomic mass is 35.5. The zero-order valence-electron chi connectivity index (χ0n) is 17.4. The van der Waals surface area contributed by atoms with E-state index in [1.165, 1.54) is 4.90 Å². The van der Waals surface area contributed by atoms with E-state index in [0.29, 0.717) is 53.0 Å². The monoisotopic (exact) mass is 440 g/mol. The molecule has 0 aliphatic carbocycles. The van der Waals surface area contributed by atoms with Gasteiger partial charge in [0.1, 0.15) is 11.4 Å². The summed E-state index contributed by atoms with van der Waals surface area (Å²) in [7, 11) is 0. The van der Waals surface area contributed by atoms with Gasteiger partial charge in [0, 0.05) is 24.7 Å². The van der Waals surface area contributed by atoms with E-state index in [4.69, 9.17) is 16.3 Å². The Morgan fingerprint density at radius 1 is 1.10 bits per heavy atom. The molecular formula is C24H25ClN2O4. The van der Waals surface area contributed by atoms with Gasteiger partial charge in [-0.2, -0.15) is 0 Å². The number of hydrogen-bond donors (Lipinski definition) is 1. The van der Waals surface area contributed by atoms with Gasteiger partial charge in [-0.25, -0.2) is 4.90 Å². The number of para-hydroxylation sites is 2. The number of benzene rings is 2. The van der Waals surface area contributed by atoms with Crippen LogP contribution in [0.2, 0.25) is 5.02 Å². The fourth-order valence-electron chi connectivity index (χ4n) is 4.24. The number of ether oxygens (including phenoxy) is 1. The third kappa shape index (κ3) is 4.05. The minimum Gasteiger partial charge on any atom is -0.492 e. The Balaban J connectivity index is 1.82. The third-order valence-electron chi connectivity index (χ3n) is 5.69. The van der Waals surface area contributed by atoms with Crippen LogP contribution < -0.4 is 9.64 Å². The Hall–Kier alpha value is -2.83. The third-order valence-corrected chi connectivity index (χ3v) is 5.94. The summed E-state index contributed by atoms with van der Waals surface area (Å²) >= 11 is 6.05. The van der Waals surface area contributed by atoms with Gasteiger partial charge >= 0.3 is 0 Å². The number of carbonyl (C=O) groups excluding carboxylic acids is 2. The van der Waals surface area contributed by atoms with E-state index in [0.717, 1.165) is 12.8 Å². The number of halogens is 1. The maximum absolute atomic E-state index is 13.7. The zero-order valence-corrected chi connectivity index (χ0v) is 18.1. The number of aliphatic hydroxyl groups excluding tert-OH is 1. The van der Waals surface area contributed by atoms with E-state index < -0.39 is 0 Å². The predicted octanol–water partition coefficient (Wildman–Crippen LogP) is 3.73. The van der Waals surface area contributed by atoms with Crippen molar-refractivity contribution in [2.75, 3.05) is 31.2 Å². The molecule has 162 valence electrons. The van der Waals surface area contributed by atoms with Gasteiger partial charge in [0.2, 0.25) is 0 Å². The van der Waals surface area contributed by atoms with Crippen molar-refractivity contribution in [3.8, 4) is 5.75 Å². The number of imide groups is 1. The molecule has 0 aromatic heterocycles. The Labute approximate surface area is 186 Å². The van der Waals surface area contributed by atoms with Gasteiger partial charge in [-0.15, -0.1) is 0 Å². The van der Waals surface area contributed by atoms with E-state index in [1.807, 2.05) is 17.9 Å². The van der Waals surface area contributed by atoms with Crippen LogP contribution in [0.3, 0.4) is 0 Å². The smallest absolute Gasteiger partial charge is 0.282 e. The first-order valence-electron chi connectivity index (χ1n) is 10.5. The average Bonchev–Trinajstić information content (AvgIpc) is 3.05. The molecule has 0 bridgehead atoms. The van der Waals surface area contributed by atoms with E-state index >= 15 is 0 Å². The van der Waals surface area contributed by atoms with Crippen molar-refractivity contribution in [3.05, 3.63) is 64.8 Å². The van der Waals surface area contributed by atoms with Gasteiger partial charge in [0.25, 0.3) is 11.8 Å². The molecule has 2 aromatic rings. The van der Waals surface area contributed by atoms with E-state index in [2.05, 4.69) is 0 Å². The Morgan fingerprint density at radius 2 is 1.84 bits per heavy atom. The van der Waals surface area contributed by atoms with Gasteiger partial charge in [-0.3, -0.25) is 9.59 Å². The first-order chi connectivity index (χ1) is 15.0. The van der Waals surface area contributed by atoms with E-state index in [1.54, 1.807) is 42.5 Å². The Morgan fingerprint density at radius 3 is 2.55 bits per heavy atom. The molecule has 1 fully saturated rings. The number of likely N-dealkylation sites (tertiary alicyclic amines) is 1. The minimum absolute atomic E-state index is 0.0546. The van der Waals surface area contributed by atoms with Crippen LogP contribution in [-0.2, 0) is 9.59 Å². The Bertz CT molecular complexity index is 1020. The summed E-state index contributed by atoms with van der Waals surface area (Å²) in [6, 6.07) is 14.0. The van der Waals surface area contributed by atoms with E-state index in [9.17, 15) is 14.7 Å². The topological polar surface area (TPSA) is 70.1 Å². The van der Waals surface area contributed by atoms with Gasteiger partial charge in [-0.1, -0.05) is 35.9 Å². The van der Waals surface area contributed by atoms with Crippen LogP contribution in [0.15, 0.2) is 54.2 Å². The number of piperidine rings is 1. The number of amides is 2. The molecule has 2 heterocycles. The molecule has 1 unspecified atom stereocenters. The summed E-state index contributed by atoms with van der Waals surface area (Å²) in [5.41, 5.74) is 1.79. The molecule has 6 nitrogen and oxygen atoms in total. The molecule has 0 radical (unpaired) electrons. The summed E-state index contributed by atoms with van der Waals surface area (Å²) in [6.07, 6.45) is 1.75. The second-order valence-electron chi connectivity index (χ2n) is 7.71. The molecular weight excluding hydrogens is 416 g/mol. The number of carbonyl (C=O) groups is 2. The van der Waals surface area contributed by atoms with Crippen molar-refractivity contribution in [3.63, 3.8) is 0 Å². The molecule has 2 aliphatic rings. The summed E-state index contributed by atoms with van der Waals surface area (Å²) in [5.74, 6) is -0.211. The van der Waals surface area contributed by atoms with Crippen molar-refractivity contribution in [2.45, 2.75) is 19.8 Å². The van der Waals surface area contributed by atoms with Crippen LogP contribution in [0.5, 0.6) is 5.75 Å². The molecule has 31 heavy (non-hydrogen) atoms. The number of rotatable bonds is 6. The second-order valence-corrected chi connectivity index (χ2v) is 8.15. The maximum Gasteiger partial charge on any atom is 0.282 e. The molecule has 1 N–H and O–H groups in total. The lowest BCUT2D eigenvalue weighted by Gasteiger charge is -2.34. The highest BCUT2D eigenvalue weighted by molar-refractivity contribution is 6.45. The van der Waals surface area contributed by atoms with Crippen LogP contribution in [0.25, 0.3) is 5.57 Å². The van der Waals surface area contributed by atoms with E-state index in [-0.39, 0.29) is 24.3 Å². The lowest BCUT2D eigenvalue weighted by molar-refractivity contribution is -0.120. The number of hydrogen-bond acceptors (Lipinski definition) is 5. The summed E-state index contributed by atoms with van der Waals surface area (Å²) < 4.78 is 5.69. The standard InChI is InChI=1S/C24H25ClN2O4/c1-2-31-20-8-4-3-7-19(20)27-23(29)21(17-9-11-18(25)12-10-17)22(24(27)30)26-13-5-6-16(14-26)15-28/h3-4,7-12,16,28H,2,5-6,13-15H2,1H3. The maximum atomic E-state index is 13.7. The molecule has 2 aromatic carbocycles. The lowest BCUT2D eigenvalue weighted by Crippen LogP contribution is -2.40. The molecule has 0 saturated carbocycles. The fourth-order valence-corrected chi connectivity index (χ4v) is 4.37. The van der Waals surface area contributed by atoms with Crippen LogP contribution in [0, 0.1) is 5.92 Å². The SMILES string of the molecule is CCOc1ccccc1N1C(=O)C(c2ccc(Cl)cc2)=C(N2CCCC(CO)C2)C1=O. The lowest BCUT2D eigenvalue weighted by atomic mass is 9.97. The molecule has 0 spiro atoms. The average molecular weight is 441 g/mol. The van der Waals surface area contributed by atoms with Crippen LogP contribution in [0.4, 0.5) is 5.69 Å².